The molecule has 0 spiro atoms. The second-order valence-corrected chi connectivity index (χ2v) is 5.10. The van der Waals surface area contributed by atoms with Gasteiger partial charge in [-0.15, -0.1) is 0 Å². The lowest BCUT2D eigenvalue weighted by Gasteiger charge is -2.32. The molecule has 0 saturated carbocycles. The van der Waals surface area contributed by atoms with E-state index in [4.69, 9.17) is 4.42 Å². The highest BCUT2D eigenvalue weighted by molar-refractivity contribution is 5.05. The van der Waals surface area contributed by atoms with Gasteiger partial charge >= 0.3 is 0 Å². The second kappa shape index (κ2) is 6.92. The van der Waals surface area contributed by atoms with E-state index < -0.39 is 0 Å². The first-order valence-corrected chi connectivity index (χ1v) is 6.96. The normalized spacial score (nSPS) is 19.0. The number of nitrogens with zero attached hydrogens (tertiary/aromatic N) is 1. The van der Waals surface area contributed by atoms with E-state index in [1.165, 1.54) is 13.1 Å². The maximum atomic E-state index is 5.55. The van der Waals surface area contributed by atoms with Crippen molar-refractivity contribution >= 4 is 0 Å². The molecule has 2 N–H and O–H groups in total. The van der Waals surface area contributed by atoms with Crippen molar-refractivity contribution in [1.29, 1.82) is 0 Å². The van der Waals surface area contributed by atoms with Crippen LogP contribution in [0.2, 0.25) is 0 Å². The minimum Gasteiger partial charge on any atom is -0.466 e. The first-order chi connectivity index (χ1) is 8.75. The van der Waals surface area contributed by atoms with Crippen LogP contribution in [0.3, 0.4) is 0 Å². The fourth-order valence-corrected chi connectivity index (χ4v) is 2.39. The first kappa shape index (κ1) is 13.6. The van der Waals surface area contributed by atoms with Crippen molar-refractivity contribution in [2.24, 2.45) is 0 Å². The van der Waals surface area contributed by atoms with Crippen molar-refractivity contribution in [2.75, 3.05) is 39.3 Å². The number of rotatable bonds is 6. The van der Waals surface area contributed by atoms with Gasteiger partial charge in [-0.25, -0.2) is 0 Å². The van der Waals surface area contributed by atoms with Gasteiger partial charge in [0.1, 0.15) is 11.5 Å². The van der Waals surface area contributed by atoms with Crippen LogP contribution in [0.1, 0.15) is 18.4 Å². The van der Waals surface area contributed by atoms with Crippen LogP contribution in [-0.4, -0.2) is 50.2 Å². The molecule has 1 atom stereocenters. The molecule has 0 bridgehead atoms. The van der Waals surface area contributed by atoms with E-state index in [1.807, 2.05) is 13.0 Å². The van der Waals surface area contributed by atoms with Gasteiger partial charge in [-0.05, 0) is 26.0 Å². The Hall–Kier alpha value is -0.840. The summed E-state index contributed by atoms with van der Waals surface area (Å²) in [5, 5.41) is 6.90. The Kier molecular flexibility index (Phi) is 5.23. The van der Waals surface area contributed by atoms with Crippen molar-refractivity contribution in [3.8, 4) is 0 Å². The molecule has 1 aliphatic rings. The topological polar surface area (TPSA) is 40.4 Å². The average molecular weight is 251 g/mol. The van der Waals surface area contributed by atoms with Gasteiger partial charge in [0.05, 0.1) is 0 Å². The second-order valence-electron chi connectivity index (χ2n) is 5.10. The molecule has 4 nitrogen and oxygen atoms in total. The zero-order valence-electron chi connectivity index (χ0n) is 11.5. The fraction of sp³-hybridized carbons (Fsp3) is 0.714. The molecule has 18 heavy (non-hydrogen) atoms. The zero-order chi connectivity index (χ0) is 12.8. The molecule has 0 radical (unpaired) electrons. The van der Waals surface area contributed by atoms with Crippen LogP contribution in [0.5, 0.6) is 0 Å². The lowest BCUT2D eigenvalue weighted by molar-refractivity contribution is 0.181. The average Bonchev–Trinajstić information content (AvgIpc) is 2.81. The summed E-state index contributed by atoms with van der Waals surface area (Å²) < 4.78 is 5.55. The monoisotopic (exact) mass is 251 g/mol. The fourth-order valence-electron chi connectivity index (χ4n) is 2.39. The Labute approximate surface area is 110 Å². The van der Waals surface area contributed by atoms with Crippen molar-refractivity contribution < 1.29 is 4.42 Å². The quantitative estimate of drug-likeness (QED) is 0.741. The largest absolute Gasteiger partial charge is 0.466 e. The third kappa shape index (κ3) is 4.12. The van der Waals surface area contributed by atoms with Crippen LogP contribution in [-0.2, 0) is 6.42 Å². The van der Waals surface area contributed by atoms with Gasteiger partial charge in [0.2, 0.25) is 0 Å². The molecule has 0 amide bonds. The number of hydrogen-bond donors (Lipinski definition) is 2. The summed E-state index contributed by atoms with van der Waals surface area (Å²) in [6.45, 7) is 10.9. The molecule has 4 heteroatoms. The van der Waals surface area contributed by atoms with Crippen LogP contribution >= 0.6 is 0 Å². The van der Waals surface area contributed by atoms with E-state index in [1.54, 1.807) is 0 Å². The lowest BCUT2D eigenvalue weighted by atomic mass is 10.2. The lowest BCUT2D eigenvalue weighted by Crippen LogP contribution is -2.50. The summed E-state index contributed by atoms with van der Waals surface area (Å²) in [5.74, 6) is 2.08. The minimum absolute atomic E-state index is 0.616. The standard InChI is InChI=1S/C14H25N3O/c1-12(17-9-7-15-8-10-17)11-16-6-5-14-4-3-13(2)18-14/h3-4,12,15-16H,5-11H2,1-2H3. The predicted molar refractivity (Wildman–Crippen MR) is 73.9 cm³/mol. The van der Waals surface area contributed by atoms with Gasteiger partial charge < -0.3 is 15.1 Å². The number of nitrogens with one attached hydrogen (secondary N) is 2. The van der Waals surface area contributed by atoms with E-state index in [0.29, 0.717) is 6.04 Å². The third-order valence-corrected chi connectivity index (χ3v) is 3.56. The Bertz CT molecular complexity index is 345. The number of piperazine rings is 1. The van der Waals surface area contributed by atoms with Gasteiger partial charge in [0.15, 0.2) is 0 Å². The number of aryl methyl sites for hydroxylation is 1. The Morgan fingerprint density at radius 3 is 2.83 bits per heavy atom. The molecule has 1 aromatic rings. The highest BCUT2D eigenvalue weighted by Crippen LogP contribution is 2.06. The molecule has 1 aromatic heterocycles. The van der Waals surface area contributed by atoms with E-state index in [9.17, 15) is 0 Å². The molecule has 1 saturated heterocycles. The summed E-state index contributed by atoms with van der Waals surface area (Å²) in [5.41, 5.74) is 0. The summed E-state index contributed by atoms with van der Waals surface area (Å²) >= 11 is 0. The smallest absolute Gasteiger partial charge is 0.105 e. The van der Waals surface area contributed by atoms with E-state index in [-0.39, 0.29) is 0 Å². The van der Waals surface area contributed by atoms with Gasteiger partial charge in [-0.2, -0.15) is 0 Å². The third-order valence-electron chi connectivity index (χ3n) is 3.56. The molecule has 0 aromatic carbocycles. The zero-order valence-corrected chi connectivity index (χ0v) is 11.5. The number of hydrogen-bond acceptors (Lipinski definition) is 4. The molecule has 2 rings (SSSR count). The first-order valence-electron chi connectivity index (χ1n) is 6.96. The van der Waals surface area contributed by atoms with E-state index >= 15 is 0 Å². The van der Waals surface area contributed by atoms with Crippen LogP contribution in [0.25, 0.3) is 0 Å². The molecule has 1 aliphatic heterocycles. The molecular formula is C14H25N3O. The van der Waals surface area contributed by atoms with Crippen LogP contribution < -0.4 is 10.6 Å². The maximum Gasteiger partial charge on any atom is 0.105 e. The Morgan fingerprint density at radius 1 is 1.39 bits per heavy atom. The summed E-state index contributed by atoms with van der Waals surface area (Å²) in [6, 6.07) is 4.71. The summed E-state index contributed by atoms with van der Waals surface area (Å²) in [6.07, 6.45) is 0.974. The van der Waals surface area contributed by atoms with Gasteiger partial charge in [-0.3, -0.25) is 4.90 Å². The Morgan fingerprint density at radius 2 is 2.17 bits per heavy atom. The van der Waals surface area contributed by atoms with Gasteiger partial charge in [0.25, 0.3) is 0 Å². The molecule has 1 fully saturated rings. The summed E-state index contributed by atoms with van der Waals surface area (Å²) in [4.78, 5) is 2.54. The molecule has 2 heterocycles. The maximum absolute atomic E-state index is 5.55. The van der Waals surface area contributed by atoms with Crippen LogP contribution in [0.4, 0.5) is 0 Å². The highest BCUT2D eigenvalue weighted by atomic mass is 16.3. The van der Waals surface area contributed by atoms with Crippen molar-refractivity contribution in [3.05, 3.63) is 23.7 Å². The predicted octanol–water partition coefficient (Wildman–Crippen LogP) is 1.01. The Balaban J connectivity index is 1.59. The van der Waals surface area contributed by atoms with Crippen LogP contribution in [0, 0.1) is 6.92 Å². The molecule has 1 unspecified atom stereocenters. The minimum atomic E-state index is 0.616. The van der Waals surface area contributed by atoms with Gasteiger partial charge in [-0.1, -0.05) is 0 Å². The SMILES string of the molecule is Cc1ccc(CCNCC(C)N2CCNCC2)o1. The van der Waals surface area contributed by atoms with Crippen molar-refractivity contribution in [2.45, 2.75) is 26.3 Å². The van der Waals surface area contributed by atoms with E-state index in [0.717, 1.165) is 44.1 Å². The molecule has 0 aliphatic carbocycles. The molecule has 102 valence electrons. The molecular weight excluding hydrogens is 226 g/mol. The van der Waals surface area contributed by atoms with E-state index in [2.05, 4.69) is 28.5 Å². The van der Waals surface area contributed by atoms with Crippen LogP contribution in [0.15, 0.2) is 16.5 Å². The number of furan rings is 1. The van der Waals surface area contributed by atoms with Gasteiger partial charge in [0, 0.05) is 51.7 Å². The van der Waals surface area contributed by atoms with Crippen molar-refractivity contribution in [1.82, 2.24) is 15.5 Å². The summed E-state index contributed by atoms with van der Waals surface area (Å²) in [7, 11) is 0. The highest BCUT2D eigenvalue weighted by Gasteiger charge is 2.15. The van der Waals surface area contributed by atoms with Crippen molar-refractivity contribution in [3.63, 3.8) is 0 Å².